The molecule has 4 N–H and O–H groups in total. The van der Waals surface area contributed by atoms with E-state index in [4.69, 9.17) is 9.47 Å². The number of methoxy groups -OCH3 is 2. The van der Waals surface area contributed by atoms with Crippen molar-refractivity contribution >= 4 is 39.1 Å². The average molecular weight is 735 g/mol. The quantitative estimate of drug-likeness (QED) is 0.0875. The number of amides is 3. The Morgan fingerprint density at radius 3 is 2.02 bits per heavy atom. The topological polar surface area (TPSA) is 190 Å². The average Bonchev–Trinajstić information content (AvgIpc) is 3.32. The molecule has 0 saturated carbocycles. The molecule has 0 atom stereocenters. The van der Waals surface area contributed by atoms with Gasteiger partial charge in [-0.2, -0.15) is 0 Å². The Labute approximate surface area is 300 Å². The molecule has 1 aromatic heterocycles. The molecule has 284 valence electrons. The van der Waals surface area contributed by atoms with Gasteiger partial charge < -0.3 is 25.2 Å². The highest BCUT2D eigenvalue weighted by Crippen LogP contribution is 2.37. The Morgan fingerprint density at radius 1 is 0.902 bits per heavy atom. The lowest BCUT2D eigenvalue weighted by Gasteiger charge is -2.40. The van der Waals surface area contributed by atoms with Crippen molar-refractivity contribution in [2.45, 2.75) is 103 Å². The molecule has 2 heterocycles. The molecule has 0 bridgehead atoms. The lowest BCUT2D eigenvalue weighted by atomic mass is 9.78. The van der Waals surface area contributed by atoms with Crippen molar-refractivity contribution in [2.75, 3.05) is 33.1 Å². The highest BCUT2D eigenvalue weighted by molar-refractivity contribution is 7.89. The summed E-state index contributed by atoms with van der Waals surface area (Å²) in [5, 5.41) is 16.2. The molecule has 0 spiro atoms. The van der Waals surface area contributed by atoms with E-state index in [1.54, 1.807) is 13.8 Å². The first-order valence-corrected chi connectivity index (χ1v) is 19.1. The van der Waals surface area contributed by atoms with Gasteiger partial charge in [0.25, 0.3) is 17.7 Å². The molecule has 0 unspecified atom stereocenters. The maximum atomic E-state index is 14.2. The lowest BCUT2D eigenvalue weighted by Crippen LogP contribution is -2.59. The maximum Gasteiger partial charge on any atom is 0.338 e. The Hall–Kier alpha value is -4.31. The van der Waals surface area contributed by atoms with Crippen molar-refractivity contribution in [1.29, 1.82) is 0 Å². The molecule has 1 fully saturated rings. The molecular formula is C35H54N6O9S. The van der Waals surface area contributed by atoms with Crippen LogP contribution in [0.5, 0.6) is 17.5 Å². The second kappa shape index (κ2) is 18.3. The van der Waals surface area contributed by atoms with Crippen molar-refractivity contribution in [3.63, 3.8) is 0 Å². The van der Waals surface area contributed by atoms with Crippen molar-refractivity contribution in [2.24, 2.45) is 12.5 Å². The van der Waals surface area contributed by atoms with Crippen LogP contribution in [-0.4, -0.2) is 73.1 Å². The third-order valence-corrected chi connectivity index (χ3v) is 11.0. The summed E-state index contributed by atoms with van der Waals surface area (Å²) in [6.07, 6.45) is 11.5. The number of carbonyl (C=O) groups is 3. The van der Waals surface area contributed by atoms with Crippen LogP contribution in [0.25, 0.3) is 5.70 Å². The molecule has 3 rings (SSSR count). The van der Waals surface area contributed by atoms with Gasteiger partial charge in [0.2, 0.25) is 21.8 Å². The number of sulfonamides is 1. The number of carbonyl (C=O) groups excluding carboxylic acids is 3. The Balaban J connectivity index is 1.91. The van der Waals surface area contributed by atoms with Gasteiger partial charge in [0.15, 0.2) is 5.70 Å². The van der Waals surface area contributed by atoms with E-state index in [1.807, 2.05) is 0 Å². The molecule has 2 aromatic rings. The van der Waals surface area contributed by atoms with Crippen LogP contribution in [0.1, 0.15) is 97.8 Å². The molecule has 1 aromatic carbocycles. The molecule has 3 amide bonds. The zero-order valence-corrected chi connectivity index (χ0v) is 31.7. The van der Waals surface area contributed by atoms with Gasteiger partial charge in [0.05, 0.1) is 24.8 Å². The van der Waals surface area contributed by atoms with Crippen LogP contribution < -0.4 is 30.5 Å². The van der Waals surface area contributed by atoms with Crippen molar-refractivity contribution in [3.05, 3.63) is 34.5 Å². The zero-order chi connectivity index (χ0) is 37.9. The molecule has 16 heteroatoms. The Kier molecular flexibility index (Phi) is 14.7. The second-order valence-electron chi connectivity index (χ2n) is 12.7. The predicted octanol–water partition coefficient (Wildman–Crippen LogP) is 4.27. The highest BCUT2D eigenvalue weighted by Gasteiger charge is 2.50. The summed E-state index contributed by atoms with van der Waals surface area (Å²) in [6, 6.07) is 3.89. The van der Waals surface area contributed by atoms with Crippen LogP contribution in [0.2, 0.25) is 0 Å². The van der Waals surface area contributed by atoms with Gasteiger partial charge in [-0.3, -0.25) is 23.9 Å². The van der Waals surface area contributed by atoms with E-state index in [1.165, 1.54) is 85.0 Å². The summed E-state index contributed by atoms with van der Waals surface area (Å²) in [5.41, 5.74) is -3.07. The Morgan fingerprint density at radius 2 is 1.49 bits per heavy atom. The molecule has 0 radical (unpaired) electrons. The predicted molar refractivity (Wildman–Crippen MR) is 194 cm³/mol. The van der Waals surface area contributed by atoms with Gasteiger partial charge >= 0.3 is 5.69 Å². The van der Waals surface area contributed by atoms with Gasteiger partial charge in [-0.1, -0.05) is 78.6 Å². The molecule has 0 aliphatic carbocycles. The number of anilines is 1. The van der Waals surface area contributed by atoms with E-state index >= 15 is 0 Å². The number of benzene rings is 1. The van der Waals surface area contributed by atoms with Gasteiger partial charge in [-0.05, 0) is 37.5 Å². The van der Waals surface area contributed by atoms with Crippen molar-refractivity contribution < 1.29 is 37.4 Å². The monoisotopic (exact) mass is 734 g/mol. The number of unbranched alkanes of at least 4 members (excludes halogenated alkanes) is 9. The van der Waals surface area contributed by atoms with E-state index in [2.05, 4.69) is 22.3 Å². The van der Waals surface area contributed by atoms with Crippen molar-refractivity contribution in [3.8, 4) is 17.5 Å². The zero-order valence-electron chi connectivity index (χ0n) is 30.9. The first-order chi connectivity index (χ1) is 24.3. The van der Waals surface area contributed by atoms with Gasteiger partial charge in [-0.15, -0.1) is 0 Å². The standard InChI is InChI=1S/C35H54N6O9S/c1-8-11-12-13-14-15-16-17-18-19-22-36-51(47,48)24-20-21-26(49-6)25(23-24)37-29(42)27(41-30(43)31(50-7)40(5)34(41)46)28-38-32(44)35(9-2,10-3)33(45)39(28)4/h20-21,23,36,43H,8-19,22H2,1-7H3,(H,37,42)(H,38,44). The summed E-state index contributed by atoms with van der Waals surface area (Å²) >= 11 is 0. The molecule has 15 nitrogen and oxygen atoms in total. The minimum Gasteiger partial charge on any atom is -0.495 e. The van der Waals surface area contributed by atoms with E-state index < -0.39 is 50.4 Å². The largest absolute Gasteiger partial charge is 0.495 e. The smallest absolute Gasteiger partial charge is 0.338 e. The molecular weight excluding hydrogens is 680 g/mol. The van der Waals surface area contributed by atoms with E-state index in [0.29, 0.717) is 11.0 Å². The normalized spacial score (nSPS) is 15.5. The first kappa shape index (κ1) is 41.1. The van der Waals surface area contributed by atoms with Crippen LogP contribution >= 0.6 is 0 Å². The molecule has 1 aliphatic rings. The van der Waals surface area contributed by atoms with Gasteiger partial charge in [0.1, 0.15) is 17.0 Å². The van der Waals surface area contributed by atoms with Crippen LogP contribution in [0, 0.1) is 5.41 Å². The second-order valence-corrected chi connectivity index (χ2v) is 14.5. The molecule has 1 aliphatic heterocycles. The number of hydrogen-bond donors (Lipinski definition) is 4. The Bertz CT molecular complexity index is 1760. The summed E-state index contributed by atoms with van der Waals surface area (Å²) < 4.78 is 41.2. The van der Waals surface area contributed by atoms with Gasteiger partial charge in [-0.25, -0.2) is 22.5 Å². The number of nitrogens with one attached hydrogen (secondary N) is 3. The minimum atomic E-state index is -4.00. The fourth-order valence-electron chi connectivity index (χ4n) is 6.28. The van der Waals surface area contributed by atoms with Crippen LogP contribution in [0.15, 0.2) is 33.7 Å². The highest BCUT2D eigenvalue weighted by atomic mass is 32.2. The number of aromatic nitrogens is 2. The third-order valence-electron chi connectivity index (χ3n) is 9.52. The lowest BCUT2D eigenvalue weighted by molar-refractivity contribution is -0.153. The number of nitrogens with zero attached hydrogens (tertiary/aromatic N) is 3. The summed E-state index contributed by atoms with van der Waals surface area (Å²) in [7, 11) is 1.16. The van der Waals surface area contributed by atoms with Crippen LogP contribution in [-0.2, 0) is 31.5 Å². The molecule has 1 saturated heterocycles. The number of rotatable bonds is 20. The SMILES string of the molecule is CCCCCCCCCCCCNS(=O)(=O)c1ccc(OC)c(NC(=O)C(=C2NC(=O)C(CC)(CC)C(=O)N2C)n2c(O)c(OC)n(C)c2=O)c1. The fourth-order valence-corrected chi connectivity index (χ4v) is 7.38. The number of imidazole rings is 1. The summed E-state index contributed by atoms with van der Waals surface area (Å²) in [5.74, 6) is -3.76. The van der Waals surface area contributed by atoms with Crippen molar-refractivity contribution in [1.82, 2.24) is 24.1 Å². The van der Waals surface area contributed by atoms with Crippen LogP contribution in [0.3, 0.4) is 0 Å². The maximum absolute atomic E-state index is 14.2. The molecule has 51 heavy (non-hydrogen) atoms. The fraction of sp³-hybridized carbons (Fsp3) is 0.600. The third kappa shape index (κ3) is 8.95. The summed E-state index contributed by atoms with van der Waals surface area (Å²) in [4.78, 5) is 55.6. The number of ether oxygens (including phenoxy) is 2. The number of hydrogen-bond acceptors (Lipinski definition) is 9. The summed E-state index contributed by atoms with van der Waals surface area (Å²) in [6.45, 7) is 5.81. The minimum absolute atomic E-state index is 0.0802. The van der Waals surface area contributed by atoms with E-state index in [9.17, 15) is 32.7 Å². The van der Waals surface area contributed by atoms with E-state index in [0.717, 1.165) is 28.7 Å². The first-order valence-electron chi connectivity index (χ1n) is 17.6. The number of aromatic hydroxyl groups is 1. The van der Waals surface area contributed by atoms with Crippen LogP contribution in [0.4, 0.5) is 5.69 Å². The van der Waals surface area contributed by atoms with E-state index in [-0.39, 0.29) is 47.4 Å². The van der Waals surface area contributed by atoms with Gasteiger partial charge in [0, 0.05) is 20.6 Å².